The van der Waals surface area contributed by atoms with Crippen molar-refractivity contribution in [1.29, 1.82) is 0 Å². The summed E-state index contributed by atoms with van der Waals surface area (Å²) in [6.07, 6.45) is 0.406. The van der Waals surface area contributed by atoms with Gasteiger partial charge in [-0.2, -0.15) is 0 Å². The van der Waals surface area contributed by atoms with E-state index in [0.29, 0.717) is 6.42 Å². The third kappa shape index (κ3) is 6.16. The molecule has 1 unspecified atom stereocenters. The number of para-hydroxylation sites is 1. The fourth-order valence-corrected chi connectivity index (χ4v) is 1.91. The summed E-state index contributed by atoms with van der Waals surface area (Å²) >= 11 is 0. The van der Waals surface area contributed by atoms with Gasteiger partial charge in [-0.3, -0.25) is 4.79 Å². The van der Waals surface area contributed by atoms with Gasteiger partial charge in [0.2, 0.25) is 5.91 Å². The SMILES string of the molecule is CCC(CC(=O)N(C)c1ccccc1)NC(=O)OC(C)(C)C. The molecule has 0 heterocycles. The Kier molecular flexibility index (Phi) is 6.40. The maximum absolute atomic E-state index is 12.3. The van der Waals surface area contributed by atoms with Crippen LogP contribution in [0.4, 0.5) is 10.5 Å². The van der Waals surface area contributed by atoms with Crippen LogP contribution in [0.15, 0.2) is 30.3 Å². The number of nitrogens with zero attached hydrogens (tertiary/aromatic N) is 1. The standard InChI is InChI=1S/C17H26N2O3/c1-6-13(18-16(21)22-17(2,3)4)12-15(20)19(5)14-10-8-7-9-11-14/h7-11,13H,6,12H2,1-5H3,(H,18,21). The maximum Gasteiger partial charge on any atom is 0.407 e. The van der Waals surface area contributed by atoms with Gasteiger partial charge in [0.05, 0.1) is 0 Å². The molecular weight excluding hydrogens is 280 g/mol. The minimum atomic E-state index is -0.548. The summed E-state index contributed by atoms with van der Waals surface area (Å²) in [5.41, 5.74) is 0.285. The molecule has 0 bridgehead atoms. The van der Waals surface area contributed by atoms with E-state index in [2.05, 4.69) is 5.32 Å². The third-order valence-electron chi connectivity index (χ3n) is 3.15. The zero-order valence-electron chi connectivity index (χ0n) is 14.1. The lowest BCUT2D eigenvalue weighted by atomic mass is 10.1. The monoisotopic (exact) mass is 306 g/mol. The molecular formula is C17H26N2O3. The lowest BCUT2D eigenvalue weighted by Gasteiger charge is -2.24. The van der Waals surface area contributed by atoms with Crippen LogP contribution < -0.4 is 10.2 Å². The van der Waals surface area contributed by atoms with Gasteiger partial charge in [-0.1, -0.05) is 25.1 Å². The largest absolute Gasteiger partial charge is 0.444 e. The van der Waals surface area contributed by atoms with Gasteiger partial charge in [-0.05, 0) is 39.3 Å². The van der Waals surface area contributed by atoms with Crippen molar-refractivity contribution < 1.29 is 14.3 Å². The summed E-state index contributed by atoms with van der Waals surface area (Å²) in [6.45, 7) is 7.35. The number of carbonyl (C=O) groups is 2. The average molecular weight is 306 g/mol. The number of benzene rings is 1. The van der Waals surface area contributed by atoms with Gasteiger partial charge in [0, 0.05) is 25.2 Å². The number of rotatable bonds is 5. The van der Waals surface area contributed by atoms with Gasteiger partial charge in [0.1, 0.15) is 5.60 Å². The molecule has 122 valence electrons. The van der Waals surface area contributed by atoms with E-state index in [1.54, 1.807) is 11.9 Å². The van der Waals surface area contributed by atoms with Gasteiger partial charge in [-0.25, -0.2) is 4.79 Å². The average Bonchev–Trinajstić information content (AvgIpc) is 2.44. The first kappa shape index (κ1) is 18.0. The molecule has 0 aliphatic rings. The Bertz CT molecular complexity index is 494. The molecule has 0 aliphatic heterocycles. The molecule has 0 fully saturated rings. The van der Waals surface area contributed by atoms with Gasteiger partial charge in [0.15, 0.2) is 0 Å². The fourth-order valence-electron chi connectivity index (χ4n) is 1.91. The molecule has 0 spiro atoms. The van der Waals surface area contributed by atoms with Crippen LogP contribution in [0.25, 0.3) is 0 Å². The van der Waals surface area contributed by atoms with E-state index in [0.717, 1.165) is 5.69 Å². The molecule has 22 heavy (non-hydrogen) atoms. The molecule has 0 saturated heterocycles. The Morgan fingerprint density at radius 3 is 2.32 bits per heavy atom. The van der Waals surface area contributed by atoms with Crippen molar-refractivity contribution in [2.75, 3.05) is 11.9 Å². The Balaban J connectivity index is 2.58. The zero-order chi connectivity index (χ0) is 16.8. The van der Waals surface area contributed by atoms with E-state index in [4.69, 9.17) is 4.74 Å². The Hall–Kier alpha value is -2.04. The summed E-state index contributed by atoms with van der Waals surface area (Å²) < 4.78 is 5.22. The van der Waals surface area contributed by atoms with Gasteiger partial charge >= 0.3 is 6.09 Å². The maximum atomic E-state index is 12.3. The summed E-state index contributed by atoms with van der Waals surface area (Å²) in [7, 11) is 1.73. The minimum absolute atomic E-state index is 0.0471. The molecule has 5 nitrogen and oxygen atoms in total. The second-order valence-electron chi connectivity index (χ2n) is 6.24. The second-order valence-corrected chi connectivity index (χ2v) is 6.24. The number of hydrogen-bond acceptors (Lipinski definition) is 3. The minimum Gasteiger partial charge on any atom is -0.444 e. The highest BCUT2D eigenvalue weighted by atomic mass is 16.6. The predicted octanol–water partition coefficient (Wildman–Crippen LogP) is 3.34. The van der Waals surface area contributed by atoms with Crippen LogP contribution in [0, 0.1) is 0 Å². The number of alkyl carbamates (subject to hydrolysis) is 1. The predicted molar refractivity (Wildman–Crippen MR) is 87.9 cm³/mol. The highest BCUT2D eigenvalue weighted by molar-refractivity contribution is 5.93. The molecule has 0 aromatic heterocycles. The molecule has 0 radical (unpaired) electrons. The van der Waals surface area contributed by atoms with Crippen LogP contribution in [-0.4, -0.2) is 30.7 Å². The number of anilines is 1. The summed E-state index contributed by atoms with van der Waals surface area (Å²) in [6, 6.07) is 9.18. The summed E-state index contributed by atoms with van der Waals surface area (Å²) in [5, 5.41) is 2.75. The van der Waals surface area contributed by atoms with E-state index in [9.17, 15) is 9.59 Å². The number of ether oxygens (including phenoxy) is 1. The van der Waals surface area contributed by atoms with Crippen molar-refractivity contribution in [3.8, 4) is 0 Å². The number of hydrogen-bond donors (Lipinski definition) is 1. The first-order valence-electron chi connectivity index (χ1n) is 7.54. The highest BCUT2D eigenvalue weighted by Gasteiger charge is 2.21. The van der Waals surface area contributed by atoms with Crippen LogP contribution in [-0.2, 0) is 9.53 Å². The van der Waals surface area contributed by atoms with Crippen molar-refractivity contribution in [2.45, 2.75) is 52.2 Å². The molecule has 1 N–H and O–H groups in total. The van der Waals surface area contributed by atoms with E-state index in [-0.39, 0.29) is 18.4 Å². The van der Waals surface area contributed by atoms with Crippen LogP contribution in [0.5, 0.6) is 0 Å². The molecule has 5 heteroatoms. The smallest absolute Gasteiger partial charge is 0.407 e. The van der Waals surface area contributed by atoms with Crippen molar-refractivity contribution in [1.82, 2.24) is 5.32 Å². The van der Waals surface area contributed by atoms with E-state index < -0.39 is 11.7 Å². The lowest BCUT2D eigenvalue weighted by Crippen LogP contribution is -2.42. The van der Waals surface area contributed by atoms with Crippen LogP contribution in [0.1, 0.15) is 40.5 Å². The molecule has 1 aromatic rings. The first-order valence-corrected chi connectivity index (χ1v) is 7.54. The Morgan fingerprint density at radius 1 is 1.23 bits per heavy atom. The Morgan fingerprint density at radius 2 is 1.82 bits per heavy atom. The highest BCUT2D eigenvalue weighted by Crippen LogP contribution is 2.14. The summed E-state index contributed by atoms with van der Waals surface area (Å²) in [4.78, 5) is 25.7. The Labute approximate surface area is 132 Å². The zero-order valence-corrected chi connectivity index (χ0v) is 14.1. The van der Waals surface area contributed by atoms with Gasteiger partial charge < -0.3 is 15.0 Å². The van der Waals surface area contributed by atoms with Crippen LogP contribution >= 0.6 is 0 Å². The van der Waals surface area contributed by atoms with E-state index >= 15 is 0 Å². The van der Waals surface area contributed by atoms with Gasteiger partial charge in [-0.15, -0.1) is 0 Å². The van der Waals surface area contributed by atoms with Crippen LogP contribution in [0.3, 0.4) is 0 Å². The molecule has 0 saturated carbocycles. The van der Waals surface area contributed by atoms with E-state index in [1.165, 1.54) is 0 Å². The molecule has 0 aliphatic carbocycles. The van der Waals surface area contributed by atoms with Crippen molar-refractivity contribution in [3.63, 3.8) is 0 Å². The van der Waals surface area contributed by atoms with Crippen molar-refractivity contribution in [3.05, 3.63) is 30.3 Å². The van der Waals surface area contributed by atoms with Crippen LogP contribution in [0.2, 0.25) is 0 Å². The van der Waals surface area contributed by atoms with Crippen molar-refractivity contribution >= 4 is 17.7 Å². The molecule has 1 atom stereocenters. The number of nitrogens with one attached hydrogen (secondary N) is 1. The number of amides is 2. The lowest BCUT2D eigenvalue weighted by molar-refractivity contribution is -0.118. The molecule has 1 aromatic carbocycles. The molecule has 2 amide bonds. The van der Waals surface area contributed by atoms with Crippen molar-refractivity contribution in [2.24, 2.45) is 0 Å². The summed E-state index contributed by atoms with van der Waals surface area (Å²) in [5.74, 6) is -0.0471. The normalized spacial score (nSPS) is 12.4. The first-order chi connectivity index (χ1) is 10.2. The topological polar surface area (TPSA) is 58.6 Å². The number of carbonyl (C=O) groups excluding carboxylic acids is 2. The quantitative estimate of drug-likeness (QED) is 0.907. The molecule has 1 rings (SSSR count). The van der Waals surface area contributed by atoms with E-state index in [1.807, 2.05) is 58.0 Å². The second kappa shape index (κ2) is 7.82. The van der Waals surface area contributed by atoms with Gasteiger partial charge in [0.25, 0.3) is 0 Å². The third-order valence-corrected chi connectivity index (χ3v) is 3.15. The fraction of sp³-hybridized carbons (Fsp3) is 0.529.